The fourth-order valence-corrected chi connectivity index (χ4v) is 1.43. The van der Waals surface area contributed by atoms with E-state index >= 15 is 0 Å². The first-order chi connectivity index (χ1) is 5.15. The zero-order chi connectivity index (χ0) is 8.43. The number of nitrogens with zero attached hydrogens (tertiary/aromatic N) is 1. The van der Waals surface area contributed by atoms with Gasteiger partial charge in [-0.3, -0.25) is 4.90 Å². The molecule has 0 aliphatic carbocycles. The van der Waals surface area contributed by atoms with Crippen molar-refractivity contribution in [3.63, 3.8) is 0 Å². The molecule has 1 atom stereocenters. The quantitative estimate of drug-likeness (QED) is 0.473. The molecule has 0 aromatic heterocycles. The van der Waals surface area contributed by atoms with Crippen LogP contribution in [0, 0.1) is 12.3 Å². The van der Waals surface area contributed by atoms with Crippen molar-refractivity contribution < 1.29 is 0 Å². The molecule has 1 heterocycles. The number of hydrogen-bond acceptors (Lipinski definition) is 1. The number of terminal acetylenes is 1. The highest BCUT2D eigenvalue weighted by molar-refractivity contribution is 5.33. The van der Waals surface area contributed by atoms with E-state index in [0.29, 0.717) is 6.04 Å². The summed E-state index contributed by atoms with van der Waals surface area (Å²) < 4.78 is 0. The largest absolute Gasteiger partial charge is 0.299 e. The summed E-state index contributed by atoms with van der Waals surface area (Å²) in [6.45, 7) is 5.36. The molecule has 1 aliphatic heterocycles. The van der Waals surface area contributed by atoms with Crippen LogP contribution in [0.5, 0.6) is 0 Å². The number of hydrogen-bond donors (Lipinski definition) is 0. The van der Waals surface area contributed by atoms with Crippen molar-refractivity contribution in [2.75, 3.05) is 13.6 Å². The van der Waals surface area contributed by atoms with E-state index in [-0.39, 0.29) is 0 Å². The Bertz CT molecular complexity index is 220. The Morgan fingerprint density at radius 1 is 1.64 bits per heavy atom. The smallest absolute Gasteiger partial charge is 0.0202 e. The van der Waals surface area contributed by atoms with Crippen LogP contribution in [0.3, 0.4) is 0 Å². The molecule has 0 saturated carbocycles. The van der Waals surface area contributed by atoms with Gasteiger partial charge in [0.2, 0.25) is 0 Å². The second-order valence-corrected chi connectivity index (χ2v) is 3.37. The van der Waals surface area contributed by atoms with E-state index < -0.39 is 0 Å². The van der Waals surface area contributed by atoms with Crippen LogP contribution >= 0.6 is 0 Å². The van der Waals surface area contributed by atoms with E-state index in [9.17, 15) is 0 Å². The van der Waals surface area contributed by atoms with Gasteiger partial charge in [-0.25, -0.2) is 0 Å². The predicted molar refractivity (Wildman–Crippen MR) is 48.2 cm³/mol. The third kappa shape index (κ3) is 1.64. The molecule has 1 aliphatic rings. The molecule has 0 amide bonds. The molecule has 60 valence electrons. The molecule has 0 fully saturated rings. The summed E-state index contributed by atoms with van der Waals surface area (Å²) in [5.41, 5.74) is 2.56. The Hall–Kier alpha value is -0.740. The van der Waals surface area contributed by atoms with Gasteiger partial charge in [-0.1, -0.05) is 5.92 Å². The van der Waals surface area contributed by atoms with Gasteiger partial charge in [0, 0.05) is 18.2 Å². The third-order valence-corrected chi connectivity index (χ3v) is 2.43. The zero-order valence-electron chi connectivity index (χ0n) is 7.52. The van der Waals surface area contributed by atoms with E-state index in [1.54, 1.807) is 0 Å². The monoisotopic (exact) mass is 149 g/mol. The maximum absolute atomic E-state index is 5.37. The van der Waals surface area contributed by atoms with Gasteiger partial charge in [-0.05, 0) is 32.9 Å². The van der Waals surface area contributed by atoms with Crippen molar-refractivity contribution in [1.82, 2.24) is 4.90 Å². The SMILES string of the molecule is C#CC1=C(C)CN(C)[C@@H](C)C1. The van der Waals surface area contributed by atoms with Gasteiger partial charge in [0.15, 0.2) is 0 Å². The van der Waals surface area contributed by atoms with Crippen LogP contribution in [0.4, 0.5) is 0 Å². The normalized spacial score (nSPS) is 26.9. The summed E-state index contributed by atoms with van der Waals surface area (Å²) in [7, 11) is 2.14. The molecule has 0 spiro atoms. The van der Waals surface area contributed by atoms with Crippen LogP contribution in [0.15, 0.2) is 11.1 Å². The highest BCUT2D eigenvalue weighted by atomic mass is 15.1. The maximum atomic E-state index is 5.37. The number of rotatable bonds is 0. The first kappa shape index (κ1) is 8.36. The van der Waals surface area contributed by atoms with Gasteiger partial charge in [0.25, 0.3) is 0 Å². The second-order valence-electron chi connectivity index (χ2n) is 3.37. The van der Waals surface area contributed by atoms with Crippen LogP contribution in [0.2, 0.25) is 0 Å². The molecule has 0 saturated heterocycles. The lowest BCUT2D eigenvalue weighted by atomic mass is 9.97. The fraction of sp³-hybridized carbons (Fsp3) is 0.600. The molecule has 0 N–H and O–H groups in total. The van der Waals surface area contributed by atoms with Gasteiger partial charge in [0.05, 0.1) is 0 Å². The lowest BCUT2D eigenvalue weighted by Gasteiger charge is -2.30. The minimum absolute atomic E-state index is 0.602. The number of likely N-dealkylation sites (N-methyl/N-ethyl adjacent to an activating group) is 1. The summed E-state index contributed by atoms with van der Waals surface area (Å²) in [5, 5.41) is 0. The molecule has 11 heavy (non-hydrogen) atoms. The average Bonchev–Trinajstić information content (AvgIpc) is 1.97. The van der Waals surface area contributed by atoms with Gasteiger partial charge < -0.3 is 0 Å². The summed E-state index contributed by atoms with van der Waals surface area (Å²) in [4.78, 5) is 2.33. The predicted octanol–water partition coefficient (Wildman–Crippen LogP) is 1.66. The molecule has 0 bridgehead atoms. The molecule has 1 heteroatoms. The van der Waals surface area contributed by atoms with E-state index in [2.05, 4.69) is 31.7 Å². The summed E-state index contributed by atoms with van der Waals surface area (Å²) >= 11 is 0. The molecule has 1 nitrogen and oxygen atoms in total. The van der Waals surface area contributed by atoms with E-state index in [4.69, 9.17) is 6.42 Å². The molecular formula is C10H15N. The van der Waals surface area contributed by atoms with Gasteiger partial charge in [0.1, 0.15) is 0 Å². The second kappa shape index (κ2) is 3.11. The van der Waals surface area contributed by atoms with Crippen LogP contribution in [-0.2, 0) is 0 Å². The molecule has 0 unspecified atom stereocenters. The zero-order valence-corrected chi connectivity index (χ0v) is 7.52. The van der Waals surface area contributed by atoms with Crippen molar-refractivity contribution in [3.05, 3.63) is 11.1 Å². The molecule has 0 aromatic carbocycles. The third-order valence-electron chi connectivity index (χ3n) is 2.43. The first-order valence-corrected chi connectivity index (χ1v) is 4.00. The molecule has 0 aromatic rings. The minimum atomic E-state index is 0.602. The Balaban J connectivity index is 2.81. The van der Waals surface area contributed by atoms with Crippen LogP contribution < -0.4 is 0 Å². The standard InChI is InChI=1S/C10H15N/c1-5-10-6-9(3)11(4)7-8(10)2/h1,9H,6-7H2,2-4H3/t9-/m0/s1. The Kier molecular flexibility index (Phi) is 2.36. The van der Waals surface area contributed by atoms with E-state index in [1.807, 2.05) is 0 Å². The Morgan fingerprint density at radius 2 is 2.27 bits per heavy atom. The average molecular weight is 149 g/mol. The summed E-state index contributed by atoms with van der Waals surface area (Å²) in [6.07, 6.45) is 6.42. The molecule has 1 rings (SSSR count). The maximum Gasteiger partial charge on any atom is 0.0202 e. The van der Waals surface area contributed by atoms with Gasteiger partial charge in [-0.2, -0.15) is 0 Å². The Morgan fingerprint density at radius 3 is 2.82 bits per heavy atom. The highest BCUT2D eigenvalue weighted by Gasteiger charge is 2.17. The molecule has 0 radical (unpaired) electrons. The summed E-state index contributed by atoms with van der Waals surface area (Å²) in [5.74, 6) is 2.76. The van der Waals surface area contributed by atoms with E-state index in [1.165, 1.54) is 11.1 Å². The van der Waals surface area contributed by atoms with E-state index in [0.717, 1.165) is 13.0 Å². The van der Waals surface area contributed by atoms with Crippen LogP contribution in [0.25, 0.3) is 0 Å². The van der Waals surface area contributed by atoms with Crippen molar-refractivity contribution in [2.24, 2.45) is 0 Å². The van der Waals surface area contributed by atoms with Crippen molar-refractivity contribution >= 4 is 0 Å². The highest BCUT2D eigenvalue weighted by Crippen LogP contribution is 2.20. The van der Waals surface area contributed by atoms with Gasteiger partial charge >= 0.3 is 0 Å². The fourth-order valence-electron chi connectivity index (χ4n) is 1.43. The van der Waals surface area contributed by atoms with Crippen LogP contribution in [0.1, 0.15) is 20.3 Å². The summed E-state index contributed by atoms with van der Waals surface area (Å²) in [6, 6.07) is 0.602. The lowest BCUT2D eigenvalue weighted by molar-refractivity contribution is 0.263. The van der Waals surface area contributed by atoms with Crippen LogP contribution in [-0.4, -0.2) is 24.5 Å². The molecular weight excluding hydrogens is 134 g/mol. The van der Waals surface area contributed by atoms with Crippen molar-refractivity contribution in [1.29, 1.82) is 0 Å². The topological polar surface area (TPSA) is 3.24 Å². The first-order valence-electron chi connectivity index (χ1n) is 4.00. The lowest BCUT2D eigenvalue weighted by Crippen LogP contribution is -2.34. The van der Waals surface area contributed by atoms with Gasteiger partial charge in [-0.15, -0.1) is 6.42 Å². The Labute approximate surface area is 69.1 Å². The van der Waals surface area contributed by atoms with Crippen molar-refractivity contribution in [3.8, 4) is 12.3 Å². The van der Waals surface area contributed by atoms with Crippen molar-refractivity contribution in [2.45, 2.75) is 26.3 Å². The minimum Gasteiger partial charge on any atom is -0.299 e.